The van der Waals surface area contributed by atoms with Crippen molar-refractivity contribution >= 4 is 23.0 Å². The second kappa shape index (κ2) is 6.73. The summed E-state index contributed by atoms with van der Waals surface area (Å²) in [6.45, 7) is 3.80. The number of hydrogen-bond donors (Lipinski definition) is 1. The summed E-state index contributed by atoms with van der Waals surface area (Å²) in [5.41, 5.74) is 2.94. The van der Waals surface area contributed by atoms with E-state index in [4.69, 9.17) is 11.6 Å². The van der Waals surface area contributed by atoms with Gasteiger partial charge in [-0.05, 0) is 48.5 Å². The molecule has 0 saturated heterocycles. The maximum atomic E-state index is 13.0. The van der Waals surface area contributed by atoms with Crippen LogP contribution in [0.2, 0.25) is 5.02 Å². The highest BCUT2D eigenvalue weighted by atomic mass is 35.5. The molecule has 0 radical (unpaired) electrons. The van der Waals surface area contributed by atoms with Crippen molar-refractivity contribution in [1.29, 1.82) is 0 Å². The Morgan fingerprint density at radius 3 is 2.45 bits per heavy atom. The maximum Gasteiger partial charge on any atom is 0.123 e. The summed E-state index contributed by atoms with van der Waals surface area (Å²) < 4.78 is 13.0. The van der Waals surface area contributed by atoms with Crippen molar-refractivity contribution in [3.8, 4) is 0 Å². The Bertz CT molecular complexity index is 569. The molecule has 0 unspecified atom stereocenters. The van der Waals surface area contributed by atoms with Gasteiger partial charge in [0.15, 0.2) is 0 Å². The van der Waals surface area contributed by atoms with E-state index in [-0.39, 0.29) is 5.82 Å². The third kappa shape index (κ3) is 3.50. The summed E-state index contributed by atoms with van der Waals surface area (Å²) in [6.07, 6.45) is 0. The molecule has 0 atom stereocenters. The molecule has 0 aliphatic heterocycles. The van der Waals surface area contributed by atoms with E-state index in [1.54, 1.807) is 12.1 Å². The minimum atomic E-state index is -0.241. The molecule has 2 rings (SSSR count). The van der Waals surface area contributed by atoms with E-state index in [0.29, 0.717) is 5.02 Å². The predicted molar refractivity (Wildman–Crippen MR) is 83.3 cm³/mol. The third-order valence-electron chi connectivity index (χ3n) is 3.17. The molecule has 20 heavy (non-hydrogen) atoms. The summed E-state index contributed by atoms with van der Waals surface area (Å²) in [5, 5.41) is 3.95. The number of halogens is 2. The number of hydrogen-bond acceptors (Lipinski definition) is 2. The van der Waals surface area contributed by atoms with Crippen molar-refractivity contribution in [2.75, 3.05) is 18.5 Å². The van der Waals surface area contributed by atoms with Crippen molar-refractivity contribution in [3.05, 3.63) is 58.9 Å². The van der Waals surface area contributed by atoms with Crippen molar-refractivity contribution in [1.82, 2.24) is 5.32 Å². The number of nitrogens with one attached hydrogen (secondary N) is 1. The lowest BCUT2D eigenvalue weighted by atomic mass is 10.2. The van der Waals surface area contributed by atoms with E-state index < -0.39 is 0 Å². The Morgan fingerprint density at radius 2 is 1.85 bits per heavy atom. The molecular weight excluding hydrogens is 275 g/mol. The van der Waals surface area contributed by atoms with E-state index in [1.165, 1.54) is 12.1 Å². The largest absolute Gasteiger partial charge is 0.343 e. The van der Waals surface area contributed by atoms with E-state index in [1.807, 2.05) is 30.1 Å². The van der Waals surface area contributed by atoms with Crippen molar-refractivity contribution in [2.24, 2.45) is 0 Å². The van der Waals surface area contributed by atoms with Gasteiger partial charge in [0.25, 0.3) is 0 Å². The van der Waals surface area contributed by atoms with Gasteiger partial charge in [-0.3, -0.25) is 0 Å². The highest BCUT2D eigenvalue weighted by molar-refractivity contribution is 6.33. The lowest BCUT2D eigenvalue weighted by Gasteiger charge is -2.21. The topological polar surface area (TPSA) is 15.3 Å². The van der Waals surface area contributed by atoms with Gasteiger partial charge in [-0.2, -0.15) is 0 Å². The van der Waals surface area contributed by atoms with Gasteiger partial charge < -0.3 is 10.2 Å². The zero-order valence-electron chi connectivity index (χ0n) is 11.7. The molecule has 0 spiro atoms. The number of nitrogens with zero attached hydrogens (tertiary/aromatic N) is 1. The smallest absolute Gasteiger partial charge is 0.123 e. The Labute approximate surface area is 124 Å². The predicted octanol–water partition coefficient (Wildman–Crippen LogP) is 4.36. The normalized spacial score (nSPS) is 10.6. The fraction of sp³-hybridized carbons (Fsp3) is 0.250. The molecule has 2 nitrogen and oxygen atoms in total. The molecule has 4 heteroatoms. The van der Waals surface area contributed by atoms with Crippen molar-refractivity contribution < 1.29 is 4.39 Å². The summed E-state index contributed by atoms with van der Waals surface area (Å²) >= 11 is 6.34. The molecule has 2 aromatic carbocycles. The minimum Gasteiger partial charge on any atom is -0.343 e. The van der Waals surface area contributed by atoms with Crippen LogP contribution in [0.5, 0.6) is 0 Å². The van der Waals surface area contributed by atoms with Gasteiger partial charge in [0.1, 0.15) is 5.82 Å². The number of benzene rings is 2. The van der Waals surface area contributed by atoms with Crippen molar-refractivity contribution in [3.63, 3.8) is 0 Å². The van der Waals surface area contributed by atoms with Crippen LogP contribution in [-0.4, -0.2) is 13.6 Å². The lowest BCUT2D eigenvalue weighted by Crippen LogP contribution is -2.13. The Morgan fingerprint density at radius 1 is 1.15 bits per heavy atom. The highest BCUT2D eigenvalue weighted by Crippen LogP contribution is 2.31. The fourth-order valence-corrected chi connectivity index (χ4v) is 2.34. The first-order valence-electron chi connectivity index (χ1n) is 6.60. The van der Waals surface area contributed by atoms with E-state index in [0.717, 1.165) is 30.0 Å². The van der Waals surface area contributed by atoms with Gasteiger partial charge >= 0.3 is 0 Å². The first-order chi connectivity index (χ1) is 9.61. The zero-order chi connectivity index (χ0) is 14.5. The maximum absolute atomic E-state index is 13.0. The van der Waals surface area contributed by atoms with Crippen LogP contribution in [0.1, 0.15) is 12.5 Å². The molecule has 0 heterocycles. The molecule has 1 N–H and O–H groups in total. The van der Waals surface area contributed by atoms with E-state index in [9.17, 15) is 4.39 Å². The lowest BCUT2D eigenvalue weighted by molar-refractivity contribution is 0.628. The Balaban J connectivity index is 2.21. The van der Waals surface area contributed by atoms with E-state index in [2.05, 4.69) is 12.2 Å². The third-order valence-corrected chi connectivity index (χ3v) is 3.47. The van der Waals surface area contributed by atoms with Crippen LogP contribution in [0.25, 0.3) is 0 Å². The Kier molecular flexibility index (Phi) is 4.99. The molecular formula is C16H18ClFN2. The second-order valence-electron chi connectivity index (χ2n) is 4.60. The summed E-state index contributed by atoms with van der Waals surface area (Å²) in [5.74, 6) is -0.241. The molecule has 106 valence electrons. The first-order valence-corrected chi connectivity index (χ1v) is 6.98. The van der Waals surface area contributed by atoms with Crippen LogP contribution in [-0.2, 0) is 6.54 Å². The average molecular weight is 293 g/mol. The molecule has 0 aromatic heterocycles. The molecule has 0 aliphatic rings. The van der Waals surface area contributed by atoms with E-state index >= 15 is 0 Å². The summed E-state index contributed by atoms with van der Waals surface area (Å²) in [4.78, 5) is 1.94. The van der Waals surface area contributed by atoms with Crippen LogP contribution < -0.4 is 10.2 Å². The fourth-order valence-electron chi connectivity index (χ4n) is 2.01. The standard InChI is InChI=1S/C16H18ClFN2/c1-3-19-11-12-4-9-16(15(17)10-12)20(2)14-7-5-13(18)6-8-14/h4-10,19H,3,11H2,1-2H3. The molecule has 0 aliphatic carbocycles. The monoisotopic (exact) mass is 292 g/mol. The first kappa shape index (κ1) is 14.8. The number of rotatable bonds is 5. The van der Waals surface area contributed by atoms with Gasteiger partial charge in [0.2, 0.25) is 0 Å². The average Bonchev–Trinajstić information content (AvgIpc) is 2.45. The van der Waals surface area contributed by atoms with Crippen LogP contribution in [0.15, 0.2) is 42.5 Å². The van der Waals surface area contributed by atoms with Gasteiger partial charge in [-0.15, -0.1) is 0 Å². The van der Waals surface area contributed by atoms with Crippen LogP contribution in [0.4, 0.5) is 15.8 Å². The van der Waals surface area contributed by atoms with Gasteiger partial charge in [-0.25, -0.2) is 4.39 Å². The van der Waals surface area contributed by atoms with Gasteiger partial charge in [-0.1, -0.05) is 24.6 Å². The molecule has 2 aromatic rings. The molecule has 0 bridgehead atoms. The summed E-state index contributed by atoms with van der Waals surface area (Å²) in [6, 6.07) is 12.3. The SMILES string of the molecule is CCNCc1ccc(N(C)c2ccc(F)cc2)c(Cl)c1. The van der Waals surface area contributed by atoms with Crippen molar-refractivity contribution in [2.45, 2.75) is 13.5 Å². The van der Waals surface area contributed by atoms with Crippen LogP contribution in [0, 0.1) is 5.82 Å². The van der Waals surface area contributed by atoms with Crippen LogP contribution in [0.3, 0.4) is 0 Å². The second-order valence-corrected chi connectivity index (χ2v) is 5.01. The Hall–Kier alpha value is -1.58. The zero-order valence-corrected chi connectivity index (χ0v) is 12.4. The molecule has 0 fully saturated rings. The van der Waals surface area contributed by atoms with Gasteiger partial charge in [0.05, 0.1) is 10.7 Å². The minimum absolute atomic E-state index is 0.241. The quantitative estimate of drug-likeness (QED) is 0.881. The van der Waals surface area contributed by atoms with Gasteiger partial charge in [0, 0.05) is 19.3 Å². The molecule has 0 saturated carbocycles. The molecule has 0 amide bonds. The highest BCUT2D eigenvalue weighted by Gasteiger charge is 2.09. The number of anilines is 2. The summed E-state index contributed by atoms with van der Waals surface area (Å²) in [7, 11) is 1.92. The van der Waals surface area contributed by atoms with Crippen LogP contribution >= 0.6 is 11.6 Å².